The Kier molecular flexibility index (Phi) is 4.29. The number of carbonyl (C=O) groups excluding carboxylic acids is 1. The fourth-order valence-corrected chi connectivity index (χ4v) is 3.56. The van der Waals surface area contributed by atoms with E-state index >= 15 is 0 Å². The molecule has 6 nitrogen and oxygen atoms in total. The zero-order valence-corrected chi connectivity index (χ0v) is 14.8. The van der Waals surface area contributed by atoms with Crippen molar-refractivity contribution in [1.82, 2.24) is 14.9 Å². The van der Waals surface area contributed by atoms with Crippen LogP contribution in [0.1, 0.15) is 47.0 Å². The van der Waals surface area contributed by atoms with Gasteiger partial charge >= 0.3 is 6.03 Å². The Balaban J connectivity index is 1.51. The smallest absolute Gasteiger partial charge is 0.320 e. The van der Waals surface area contributed by atoms with Gasteiger partial charge in [0, 0.05) is 19.0 Å². The fourth-order valence-electron chi connectivity index (χ4n) is 3.56. The molecule has 1 aromatic heterocycles. The molecule has 2 aliphatic rings. The first-order valence-corrected chi connectivity index (χ1v) is 9.01. The van der Waals surface area contributed by atoms with Crippen LogP contribution < -0.4 is 5.32 Å². The predicted molar refractivity (Wildman–Crippen MR) is 97.6 cm³/mol. The number of nitriles is 1. The Morgan fingerprint density at radius 1 is 1.42 bits per heavy atom. The normalized spacial score (nSPS) is 15.9. The summed E-state index contributed by atoms with van der Waals surface area (Å²) >= 11 is 0. The minimum Gasteiger partial charge on any atom is -0.320 e. The van der Waals surface area contributed by atoms with Gasteiger partial charge in [0.2, 0.25) is 0 Å². The average molecular weight is 347 g/mol. The van der Waals surface area contributed by atoms with Gasteiger partial charge in [-0.1, -0.05) is 18.2 Å². The molecule has 2 amide bonds. The number of anilines is 1. The number of nitrogens with one attached hydrogen (secondary N) is 1. The Morgan fingerprint density at radius 3 is 3.04 bits per heavy atom. The molecule has 26 heavy (non-hydrogen) atoms. The van der Waals surface area contributed by atoms with E-state index in [4.69, 9.17) is 5.26 Å². The molecule has 1 aliphatic heterocycles. The second kappa shape index (κ2) is 6.75. The third-order valence-electron chi connectivity index (χ3n) is 5.06. The first kappa shape index (κ1) is 16.5. The maximum absolute atomic E-state index is 12.8. The minimum absolute atomic E-state index is 0.115. The lowest BCUT2D eigenvalue weighted by Gasteiger charge is -2.30. The Hall–Kier alpha value is -2.94. The lowest BCUT2D eigenvalue weighted by atomic mass is 9.93. The summed E-state index contributed by atoms with van der Waals surface area (Å²) in [5.74, 6) is 1.18. The average Bonchev–Trinajstić information content (AvgIpc) is 3.48. The van der Waals surface area contributed by atoms with E-state index in [2.05, 4.69) is 21.4 Å². The van der Waals surface area contributed by atoms with Gasteiger partial charge in [0.05, 0.1) is 30.1 Å². The van der Waals surface area contributed by atoms with E-state index < -0.39 is 0 Å². The molecule has 0 bridgehead atoms. The van der Waals surface area contributed by atoms with Gasteiger partial charge in [-0.3, -0.25) is 0 Å². The summed E-state index contributed by atoms with van der Waals surface area (Å²) in [6.45, 7) is 3.08. The molecule has 0 atom stereocenters. The highest BCUT2D eigenvalue weighted by molar-refractivity contribution is 5.90. The summed E-state index contributed by atoms with van der Waals surface area (Å²) in [6.07, 6.45) is 5.16. The fraction of sp³-hybridized carbons (Fsp3) is 0.400. The molecule has 0 spiro atoms. The molecule has 1 aromatic carbocycles. The molecule has 0 radical (unpaired) electrons. The first-order chi connectivity index (χ1) is 12.7. The van der Waals surface area contributed by atoms with Crippen LogP contribution in [0.15, 0.2) is 24.4 Å². The SMILES string of the molecule is Cc1ncc(NC(=O)N2CCc3c(CC#N)cccc3C2)c(C2CC2)n1. The van der Waals surface area contributed by atoms with E-state index in [1.807, 2.05) is 30.0 Å². The molecule has 2 aromatic rings. The van der Waals surface area contributed by atoms with Gasteiger partial charge in [-0.25, -0.2) is 14.8 Å². The predicted octanol–water partition coefficient (Wildman–Crippen LogP) is 3.32. The number of amides is 2. The Morgan fingerprint density at radius 2 is 2.27 bits per heavy atom. The van der Waals surface area contributed by atoms with Crippen molar-refractivity contribution < 1.29 is 4.79 Å². The lowest BCUT2D eigenvalue weighted by Crippen LogP contribution is -2.39. The highest BCUT2D eigenvalue weighted by Crippen LogP contribution is 2.42. The summed E-state index contributed by atoms with van der Waals surface area (Å²) in [5, 5.41) is 12.0. The Bertz CT molecular complexity index is 898. The van der Waals surface area contributed by atoms with Crippen molar-refractivity contribution in [2.75, 3.05) is 11.9 Å². The van der Waals surface area contributed by atoms with Crippen LogP contribution >= 0.6 is 0 Å². The molecule has 2 heterocycles. The van der Waals surface area contributed by atoms with Gasteiger partial charge in [0.15, 0.2) is 0 Å². The number of nitrogens with zero attached hydrogens (tertiary/aromatic N) is 4. The van der Waals surface area contributed by atoms with Crippen molar-refractivity contribution >= 4 is 11.7 Å². The molecule has 0 unspecified atom stereocenters. The summed E-state index contributed by atoms with van der Waals surface area (Å²) < 4.78 is 0. The van der Waals surface area contributed by atoms with Gasteiger partial charge in [0.1, 0.15) is 5.82 Å². The van der Waals surface area contributed by atoms with Crippen LogP contribution in [0, 0.1) is 18.3 Å². The van der Waals surface area contributed by atoms with E-state index in [-0.39, 0.29) is 6.03 Å². The zero-order chi connectivity index (χ0) is 18.1. The molecule has 132 valence electrons. The first-order valence-electron chi connectivity index (χ1n) is 9.01. The highest BCUT2D eigenvalue weighted by atomic mass is 16.2. The number of aryl methyl sites for hydroxylation is 1. The van der Waals surface area contributed by atoms with Gasteiger partial charge in [0.25, 0.3) is 0 Å². The van der Waals surface area contributed by atoms with Gasteiger partial charge < -0.3 is 10.2 Å². The van der Waals surface area contributed by atoms with E-state index in [9.17, 15) is 4.79 Å². The Labute approximate surface area is 152 Å². The number of urea groups is 1. The molecular weight excluding hydrogens is 326 g/mol. The minimum atomic E-state index is -0.115. The largest absolute Gasteiger partial charge is 0.322 e. The molecular formula is C20H21N5O. The van der Waals surface area contributed by atoms with Crippen molar-refractivity contribution in [2.45, 2.75) is 45.1 Å². The molecule has 0 saturated heterocycles. The van der Waals surface area contributed by atoms with Gasteiger partial charge in [-0.05, 0) is 42.9 Å². The number of rotatable bonds is 3. The summed E-state index contributed by atoms with van der Waals surface area (Å²) in [6, 6.07) is 8.12. The zero-order valence-electron chi connectivity index (χ0n) is 14.8. The van der Waals surface area contributed by atoms with E-state index in [0.717, 1.165) is 47.6 Å². The van der Waals surface area contributed by atoms with E-state index in [1.54, 1.807) is 6.20 Å². The number of carbonyl (C=O) groups is 1. The number of aromatic nitrogens is 2. The van der Waals surface area contributed by atoms with Crippen LogP contribution in [0.25, 0.3) is 0 Å². The van der Waals surface area contributed by atoms with Crippen molar-refractivity contribution in [3.05, 3.63) is 52.6 Å². The van der Waals surface area contributed by atoms with Gasteiger partial charge in [-0.15, -0.1) is 0 Å². The molecule has 1 aliphatic carbocycles. The number of hydrogen-bond donors (Lipinski definition) is 1. The van der Waals surface area contributed by atoms with Crippen LogP contribution in [0.3, 0.4) is 0 Å². The second-order valence-corrected chi connectivity index (χ2v) is 6.98. The van der Waals surface area contributed by atoms with Crippen LogP contribution in [0.4, 0.5) is 10.5 Å². The third kappa shape index (κ3) is 3.25. The molecule has 1 saturated carbocycles. The van der Waals surface area contributed by atoms with Crippen molar-refractivity contribution in [3.63, 3.8) is 0 Å². The summed E-state index contributed by atoms with van der Waals surface area (Å²) in [4.78, 5) is 23.4. The van der Waals surface area contributed by atoms with Crippen LogP contribution in [-0.4, -0.2) is 27.4 Å². The number of benzene rings is 1. The van der Waals surface area contributed by atoms with Crippen LogP contribution in [-0.2, 0) is 19.4 Å². The van der Waals surface area contributed by atoms with E-state index in [1.165, 1.54) is 5.56 Å². The monoisotopic (exact) mass is 347 g/mol. The second-order valence-electron chi connectivity index (χ2n) is 6.98. The lowest BCUT2D eigenvalue weighted by molar-refractivity contribution is 0.206. The molecule has 6 heteroatoms. The maximum Gasteiger partial charge on any atom is 0.322 e. The molecule has 1 fully saturated rings. The van der Waals surface area contributed by atoms with Crippen molar-refractivity contribution in [1.29, 1.82) is 5.26 Å². The number of hydrogen-bond acceptors (Lipinski definition) is 4. The summed E-state index contributed by atoms with van der Waals surface area (Å²) in [7, 11) is 0. The van der Waals surface area contributed by atoms with Crippen LogP contribution in [0.5, 0.6) is 0 Å². The third-order valence-corrected chi connectivity index (χ3v) is 5.06. The standard InChI is InChI=1S/C20H21N5O/c1-13-22-11-18(19(23-13)15-5-6-15)24-20(26)25-10-8-17-14(7-9-21)3-2-4-16(17)12-25/h2-4,11,15H,5-8,10,12H2,1H3,(H,24,26). The van der Waals surface area contributed by atoms with Crippen LogP contribution in [0.2, 0.25) is 0 Å². The molecule has 1 N–H and O–H groups in total. The maximum atomic E-state index is 12.8. The quantitative estimate of drug-likeness (QED) is 0.923. The topological polar surface area (TPSA) is 81.9 Å². The van der Waals surface area contributed by atoms with Gasteiger partial charge in [-0.2, -0.15) is 5.26 Å². The highest BCUT2D eigenvalue weighted by Gasteiger charge is 2.30. The summed E-state index contributed by atoms with van der Waals surface area (Å²) in [5.41, 5.74) is 5.11. The van der Waals surface area contributed by atoms with E-state index in [0.29, 0.717) is 25.4 Å². The molecule has 4 rings (SSSR count). The number of fused-ring (bicyclic) bond motifs is 1. The van der Waals surface area contributed by atoms with Crippen molar-refractivity contribution in [2.24, 2.45) is 0 Å². The van der Waals surface area contributed by atoms with Crippen molar-refractivity contribution in [3.8, 4) is 6.07 Å².